The summed E-state index contributed by atoms with van der Waals surface area (Å²) in [5.41, 5.74) is -0.250. The molecule has 20 heavy (non-hydrogen) atoms. The number of carbonyl (C=O) groups excluding carboxylic acids is 1. The van der Waals surface area contributed by atoms with Crippen molar-refractivity contribution in [1.29, 1.82) is 0 Å². The highest BCUT2D eigenvalue weighted by atomic mass is 32.2. The first kappa shape index (κ1) is 14.5. The first-order valence-electron chi connectivity index (χ1n) is 7.43. The van der Waals surface area contributed by atoms with Crippen LogP contribution in [0.25, 0.3) is 0 Å². The van der Waals surface area contributed by atoms with Crippen LogP contribution in [-0.2, 0) is 24.1 Å². The molecule has 3 aliphatic heterocycles. The molecule has 0 saturated carbocycles. The molecule has 0 bridgehead atoms. The third-order valence-electron chi connectivity index (χ3n) is 4.83. The lowest BCUT2D eigenvalue weighted by molar-refractivity contribution is -0.137. The predicted octanol–water partition coefficient (Wildman–Crippen LogP) is 0.966. The van der Waals surface area contributed by atoms with Crippen LogP contribution in [0.5, 0.6) is 0 Å². The number of rotatable bonds is 3. The summed E-state index contributed by atoms with van der Waals surface area (Å²) < 4.78 is 34.2. The van der Waals surface area contributed by atoms with E-state index in [9.17, 15) is 13.2 Å². The van der Waals surface area contributed by atoms with Gasteiger partial charge in [0, 0.05) is 32.0 Å². The van der Waals surface area contributed by atoms with E-state index in [1.807, 2.05) is 0 Å². The molecule has 1 spiro atoms. The molecule has 3 unspecified atom stereocenters. The second kappa shape index (κ2) is 5.39. The van der Waals surface area contributed by atoms with Crippen molar-refractivity contribution in [2.75, 3.05) is 31.3 Å². The SMILES string of the molecule is O=C(CC1CCS(=O)(=O)C1)C1CCOC2(CCOC2)C1. The molecule has 0 aromatic carbocycles. The van der Waals surface area contributed by atoms with E-state index < -0.39 is 9.84 Å². The molecule has 5 nitrogen and oxygen atoms in total. The van der Waals surface area contributed by atoms with E-state index in [0.717, 1.165) is 19.3 Å². The zero-order valence-corrected chi connectivity index (χ0v) is 12.5. The minimum absolute atomic E-state index is 0.0220. The minimum Gasteiger partial charge on any atom is -0.378 e. The van der Waals surface area contributed by atoms with Crippen LogP contribution in [-0.4, -0.2) is 51.1 Å². The average molecular weight is 302 g/mol. The zero-order chi connectivity index (χ0) is 14.2. The van der Waals surface area contributed by atoms with Crippen LogP contribution >= 0.6 is 0 Å². The molecule has 0 N–H and O–H groups in total. The summed E-state index contributed by atoms with van der Waals surface area (Å²) in [6, 6.07) is 0. The fourth-order valence-electron chi connectivity index (χ4n) is 3.65. The molecular formula is C14H22O5S. The third-order valence-corrected chi connectivity index (χ3v) is 6.67. The highest BCUT2D eigenvalue weighted by Gasteiger charge is 2.43. The van der Waals surface area contributed by atoms with Gasteiger partial charge in [0.1, 0.15) is 5.78 Å². The molecule has 3 fully saturated rings. The summed E-state index contributed by atoms with van der Waals surface area (Å²) >= 11 is 0. The van der Waals surface area contributed by atoms with Gasteiger partial charge in [-0.25, -0.2) is 8.42 Å². The van der Waals surface area contributed by atoms with Crippen LogP contribution in [0.4, 0.5) is 0 Å². The summed E-state index contributed by atoms with van der Waals surface area (Å²) in [7, 11) is -2.89. The fraction of sp³-hybridized carbons (Fsp3) is 0.929. The summed E-state index contributed by atoms with van der Waals surface area (Å²) in [5, 5.41) is 0. The summed E-state index contributed by atoms with van der Waals surface area (Å²) in [4.78, 5) is 12.4. The van der Waals surface area contributed by atoms with Crippen LogP contribution in [0.2, 0.25) is 0 Å². The maximum atomic E-state index is 12.4. The van der Waals surface area contributed by atoms with E-state index in [1.165, 1.54) is 0 Å². The molecule has 3 aliphatic rings. The highest BCUT2D eigenvalue weighted by molar-refractivity contribution is 7.91. The predicted molar refractivity (Wildman–Crippen MR) is 73.2 cm³/mol. The monoisotopic (exact) mass is 302 g/mol. The molecule has 3 saturated heterocycles. The molecule has 3 rings (SSSR count). The molecule has 3 heterocycles. The minimum atomic E-state index is -2.89. The second-order valence-corrected chi connectivity index (χ2v) is 8.69. The number of hydrogen-bond donors (Lipinski definition) is 0. The normalized spacial score (nSPS) is 40.2. The summed E-state index contributed by atoms with van der Waals surface area (Å²) in [6.07, 6.45) is 3.44. The molecular weight excluding hydrogens is 280 g/mol. The largest absolute Gasteiger partial charge is 0.378 e. The molecule has 0 aromatic rings. The van der Waals surface area contributed by atoms with Gasteiger partial charge < -0.3 is 9.47 Å². The number of ether oxygens (including phenoxy) is 2. The first-order chi connectivity index (χ1) is 9.48. The van der Waals surface area contributed by atoms with E-state index in [0.29, 0.717) is 32.7 Å². The van der Waals surface area contributed by atoms with Crippen molar-refractivity contribution in [3.63, 3.8) is 0 Å². The lowest BCUT2D eigenvalue weighted by Gasteiger charge is -2.36. The van der Waals surface area contributed by atoms with Crippen molar-refractivity contribution >= 4 is 15.6 Å². The van der Waals surface area contributed by atoms with Crippen molar-refractivity contribution in [2.45, 2.75) is 37.7 Å². The zero-order valence-electron chi connectivity index (χ0n) is 11.7. The van der Waals surface area contributed by atoms with Gasteiger partial charge in [0.15, 0.2) is 9.84 Å². The van der Waals surface area contributed by atoms with E-state index in [4.69, 9.17) is 9.47 Å². The Morgan fingerprint density at radius 1 is 1.25 bits per heavy atom. The molecule has 3 atom stereocenters. The topological polar surface area (TPSA) is 69.7 Å². The Balaban J connectivity index is 1.57. The second-order valence-electron chi connectivity index (χ2n) is 6.46. The molecule has 0 aliphatic carbocycles. The van der Waals surface area contributed by atoms with Gasteiger partial charge >= 0.3 is 0 Å². The van der Waals surface area contributed by atoms with E-state index in [1.54, 1.807) is 0 Å². The van der Waals surface area contributed by atoms with Crippen molar-refractivity contribution in [3.8, 4) is 0 Å². The average Bonchev–Trinajstić information content (AvgIpc) is 2.97. The third kappa shape index (κ3) is 3.07. The summed E-state index contributed by atoms with van der Waals surface area (Å²) in [6.45, 7) is 1.92. The van der Waals surface area contributed by atoms with Gasteiger partial charge in [0.2, 0.25) is 0 Å². The Labute approximate surface area is 119 Å². The fourth-order valence-corrected chi connectivity index (χ4v) is 5.51. The molecule has 0 amide bonds. The first-order valence-corrected chi connectivity index (χ1v) is 9.25. The van der Waals surface area contributed by atoms with Gasteiger partial charge in [-0.2, -0.15) is 0 Å². The Hall–Kier alpha value is -0.460. The lowest BCUT2D eigenvalue weighted by atomic mass is 9.80. The Morgan fingerprint density at radius 2 is 2.10 bits per heavy atom. The lowest BCUT2D eigenvalue weighted by Crippen LogP contribution is -2.42. The van der Waals surface area contributed by atoms with Gasteiger partial charge in [-0.3, -0.25) is 4.79 Å². The van der Waals surface area contributed by atoms with E-state index >= 15 is 0 Å². The number of carbonyl (C=O) groups is 1. The highest BCUT2D eigenvalue weighted by Crippen LogP contribution is 2.37. The Bertz CT molecular complexity index is 478. The molecule has 0 radical (unpaired) electrons. The molecule has 0 aromatic heterocycles. The van der Waals surface area contributed by atoms with Crippen LogP contribution in [0.3, 0.4) is 0 Å². The van der Waals surface area contributed by atoms with Gasteiger partial charge in [0.05, 0.1) is 23.7 Å². The molecule has 6 heteroatoms. The maximum Gasteiger partial charge on any atom is 0.150 e. The quantitative estimate of drug-likeness (QED) is 0.777. The number of sulfone groups is 1. The van der Waals surface area contributed by atoms with Gasteiger partial charge in [-0.15, -0.1) is 0 Å². The van der Waals surface area contributed by atoms with E-state index in [2.05, 4.69) is 0 Å². The van der Waals surface area contributed by atoms with Crippen LogP contribution in [0.15, 0.2) is 0 Å². The Kier molecular flexibility index (Phi) is 3.90. The van der Waals surface area contributed by atoms with Crippen molar-refractivity contribution in [1.82, 2.24) is 0 Å². The molecule has 114 valence electrons. The number of Topliss-reactive ketones (excluding diaryl/α,β-unsaturated/α-hetero) is 1. The van der Waals surface area contributed by atoms with Gasteiger partial charge in [-0.05, 0) is 25.2 Å². The van der Waals surface area contributed by atoms with Crippen molar-refractivity contribution < 1.29 is 22.7 Å². The smallest absolute Gasteiger partial charge is 0.150 e. The summed E-state index contributed by atoms with van der Waals surface area (Å²) in [5.74, 6) is 0.716. The number of ketones is 1. The number of hydrogen-bond acceptors (Lipinski definition) is 5. The van der Waals surface area contributed by atoms with Crippen LogP contribution < -0.4 is 0 Å². The van der Waals surface area contributed by atoms with Gasteiger partial charge in [-0.1, -0.05) is 0 Å². The maximum absolute atomic E-state index is 12.4. The van der Waals surface area contributed by atoms with Gasteiger partial charge in [0.25, 0.3) is 0 Å². The van der Waals surface area contributed by atoms with E-state index in [-0.39, 0.29) is 34.7 Å². The van der Waals surface area contributed by atoms with Crippen molar-refractivity contribution in [3.05, 3.63) is 0 Å². The van der Waals surface area contributed by atoms with Crippen LogP contribution in [0.1, 0.15) is 32.1 Å². The van der Waals surface area contributed by atoms with Crippen molar-refractivity contribution in [2.24, 2.45) is 11.8 Å². The van der Waals surface area contributed by atoms with Crippen LogP contribution in [0, 0.1) is 11.8 Å². The Morgan fingerprint density at radius 3 is 2.75 bits per heavy atom. The standard InChI is InChI=1S/C14H22O5S/c15-13(7-11-2-6-20(16,17)9-11)12-1-4-19-14(8-12)3-5-18-10-14/h11-12H,1-10H2.